The highest BCUT2D eigenvalue weighted by molar-refractivity contribution is 5.84. The molecule has 0 radical (unpaired) electrons. The first-order valence-corrected chi connectivity index (χ1v) is 14.1. The van der Waals surface area contributed by atoms with Gasteiger partial charge in [0.25, 0.3) is 0 Å². The predicted molar refractivity (Wildman–Crippen MR) is 150 cm³/mol. The number of hydrogen-bond acceptors (Lipinski definition) is 10. The third-order valence-corrected chi connectivity index (χ3v) is 9.05. The second kappa shape index (κ2) is 11.2. The van der Waals surface area contributed by atoms with Crippen LogP contribution in [0.25, 0.3) is 0 Å². The van der Waals surface area contributed by atoms with E-state index >= 15 is 0 Å². The molecular weight excluding hydrogens is 542 g/mol. The van der Waals surface area contributed by atoms with Crippen molar-refractivity contribution >= 4 is 17.9 Å². The number of aryl methyl sites for hydroxylation is 1. The van der Waals surface area contributed by atoms with Gasteiger partial charge in [-0.25, -0.2) is 9.59 Å². The Morgan fingerprint density at radius 1 is 1.12 bits per heavy atom. The van der Waals surface area contributed by atoms with Crippen LogP contribution in [-0.2, 0) is 40.6 Å². The first-order valence-electron chi connectivity index (χ1n) is 14.1. The third kappa shape index (κ3) is 4.67. The van der Waals surface area contributed by atoms with Gasteiger partial charge in [0.2, 0.25) is 6.10 Å². The van der Waals surface area contributed by atoms with Gasteiger partial charge in [-0.2, -0.15) is 0 Å². The lowest BCUT2D eigenvalue weighted by Gasteiger charge is -2.58. The minimum absolute atomic E-state index is 0.194. The molecule has 224 valence electrons. The fourth-order valence-corrected chi connectivity index (χ4v) is 6.73. The van der Waals surface area contributed by atoms with Crippen LogP contribution in [0.3, 0.4) is 0 Å². The summed E-state index contributed by atoms with van der Waals surface area (Å²) in [7, 11) is 1.96. The molecule has 2 aromatic carbocycles. The molecule has 0 amide bonds. The fourth-order valence-electron chi connectivity index (χ4n) is 6.73. The number of piperidine rings is 1. The maximum Gasteiger partial charge on any atom is 0.353 e. The van der Waals surface area contributed by atoms with Gasteiger partial charge in [0.15, 0.2) is 12.2 Å². The molecule has 3 aliphatic rings. The summed E-state index contributed by atoms with van der Waals surface area (Å²) in [5, 5.41) is 22.5. The lowest BCUT2D eigenvalue weighted by Crippen LogP contribution is -2.71. The quantitative estimate of drug-likeness (QED) is 0.373. The van der Waals surface area contributed by atoms with Crippen LogP contribution in [0.5, 0.6) is 5.75 Å². The average molecular weight is 580 g/mol. The summed E-state index contributed by atoms with van der Waals surface area (Å²) in [6.45, 7) is 6.89. The van der Waals surface area contributed by atoms with Crippen LogP contribution in [0.2, 0.25) is 0 Å². The van der Waals surface area contributed by atoms with Crippen molar-refractivity contribution in [3.8, 4) is 5.75 Å². The second-order valence-electron chi connectivity index (χ2n) is 11.4. The number of ether oxygens (including phenoxy) is 4. The highest BCUT2D eigenvalue weighted by Gasteiger charge is 2.69. The van der Waals surface area contributed by atoms with Gasteiger partial charge >= 0.3 is 17.9 Å². The molecule has 0 saturated carbocycles. The summed E-state index contributed by atoms with van der Waals surface area (Å²) >= 11 is 0. The van der Waals surface area contributed by atoms with Crippen LogP contribution in [-0.4, -0.2) is 70.5 Å². The van der Waals surface area contributed by atoms with E-state index in [0.717, 1.165) is 11.1 Å². The second-order valence-corrected chi connectivity index (χ2v) is 11.4. The SMILES string of the molecule is CC(=O)O[C@H](C(=O)O[C@@H](C)C(=O)OC1=CC[C@@]2(O)[C@@H](C)N(C)CC[C@@]23c2c(C)ccc(CO)c2O[C@@H]13)c1ccccc1. The van der Waals surface area contributed by atoms with Crippen molar-refractivity contribution < 1.29 is 43.5 Å². The number of esters is 3. The van der Waals surface area contributed by atoms with Crippen molar-refractivity contribution in [3.63, 3.8) is 0 Å². The Hall–Kier alpha value is -3.73. The summed E-state index contributed by atoms with van der Waals surface area (Å²) in [5.41, 5.74) is 0.510. The van der Waals surface area contributed by atoms with Gasteiger partial charge in [-0.15, -0.1) is 0 Å². The molecule has 2 heterocycles. The molecule has 5 rings (SSSR count). The van der Waals surface area contributed by atoms with Gasteiger partial charge in [0, 0.05) is 36.1 Å². The van der Waals surface area contributed by atoms with E-state index in [2.05, 4.69) is 4.90 Å². The van der Waals surface area contributed by atoms with Gasteiger partial charge in [0.1, 0.15) is 11.5 Å². The Morgan fingerprint density at radius 2 is 1.83 bits per heavy atom. The molecule has 1 spiro atoms. The van der Waals surface area contributed by atoms with Crippen LogP contribution in [0, 0.1) is 6.92 Å². The van der Waals surface area contributed by atoms with Crippen molar-refractivity contribution in [3.05, 3.63) is 76.6 Å². The van der Waals surface area contributed by atoms with E-state index < -0.39 is 47.2 Å². The van der Waals surface area contributed by atoms with E-state index in [1.165, 1.54) is 13.8 Å². The maximum atomic E-state index is 13.3. The van der Waals surface area contributed by atoms with E-state index in [9.17, 15) is 24.6 Å². The molecule has 2 N–H and O–H groups in total. The molecule has 1 saturated heterocycles. The van der Waals surface area contributed by atoms with Gasteiger partial charge in [-0.05, 0) is 52.4 Å². The molecule has 2 aromatic rings. The Balaban J connectivity index is 1.43. The van der Waals surface area contributed by atoms with Crippen molar-refractivity contribution in [2.24, 2.45) is 0 Å². The number of nitrogens with zero attached hydrogens (tertiary/aromatic N) is 1. The van der Waals surface area contributed by atoms with Crippen molar-refractivity contribution in [1.82, 2.24) is 4.90 Å². The van der Waals surface area contributed by atoms with E-state index in [0.29, 0.717) is 29.8 Å². The highest BCUT2D eigenvalue weighted by Crippen LogP contribution is 2.61. The molecular formula is C32H37NO9. The highest BCUT2D eigenvalue weighted by atomic mass is 16.6. The zero-order chi connectivity index (χ0) is 30.4. The minimum atomic E-state index is -1.35. The van der Waals surface area contributed by atoms with E-state index in [-0.39, 0.29) is 24.8 Å². The molecule has 0 aromatic heterocycles. The van der Waals surface area contributed by atoms with Gasteiger partial charge in [-0.3, -0.25) is 4.79 Å². The zero-order valence-electron chi connectivity index (χ0n) is 24.5. The topological polar surface area (TPSA) is 132 Å². The first kappa shape index (κ1) is 29.8. The fraction of sp³-hybridized carbons (Fsp3) is 0.469. The Kier molecular flexibility index (Phi) is 7.91. The zero-order valence-corrected chi connectivity index (χ0v) is 24.5. The summed E-state index contributed by atoms with van der Waals surface area (Å²) in [5.74, 6) is -1.73. The molecule has 0 unspecified atom stereocenters. The number of likely N-dealkylation sites (tertiary alicyclic amines) is 1. The van der Waals surface area contributed by atoms with Crippen molar-refractivity contribution in [2.45, 2.75) is 82.5 Å². The molecule has 1 aliphatic carbocycles. The lowest BCUT2D eigenvalue weighted by atomic mass is 9.54. The number of fused-ring (bicyclic) bond motifs is 1. The van der Waals surface area contributed by atoms with Crippen molar-refractivity contribution in [1.29, 1.82) is 0 Å². The smallest absolute Gasteiger partial charge is 0.353 e. The first-order chi connectivity index (χ1) is 19.9. The number of carbonyl (C=O) groups excluding carboxylic acids is 3. The molecule has 0 bridgehead atoms. The number of rotatable bonds is 7. The van der Waals surface area contributed by atoms with Crippen LogP contribution >= 0.6 is 0 Å². The van der Waals surface area contributed by atoms with E-state index in [1.807, 2.05) is 27.0 Å². The number of benzene rings is 2. The summed E-state index contributed by atoms with van der Waals surface area (Å²) in [6.07, 6.45) is -1.15. The Morgan fingerprint density at radius 3 is 2.50 bits per heavy atom. The monoisotopic (exact) mass is 579 g/mol. The Bertz CT molecular complexity index is 1420. The maximum absolute atomic E-state index is 13.3. The van der Waals surface area contributed by atoms with Crippen LogP contribution in [0.4, 0.5) is 0 Å². The molecule has 2 aliphatic heterocycles. The van der Waals surface area contributed by atoms with Gasteiger partial charge in [0.05, 0.1) is 17.6 Å². The van der Waals surface area contributed by atoms with Gasteiger partial charge in [-0.1, -0.05) is 42.5 Å². The lowest BCUT2D eigenvalue weighted by molar-refractivity contribution is -0.179. The van der Waals surface area contributed by atoms with Gasteiger partial charge < -0.3 is 34.1 Å². The predicted octanol–water partition coefficient (Wildman–Crippen LogP) is 3.01. The van der Waals surface area contributed by atoms with Crippen LogP contribution in [0.1, 0.15) is 62.0 Å². The van der Waals surface area contributed by atoms with Crippen LogP contribution < -0.4 is 4.74 Å². The summed E-state index contributed by atoms with van der Waals surface area (Å²) in [6, 6.07) is 11.8. The number of aliphatic hydroxyl groups is 2. The minimum Gasteiger partial charge on any atom is -0.481 e. The number of likely N-dealkylation sites (N-methyl/N-ethyl adjacent to an activating group) is 1. The standard InChI is InChI=1S/C32H37NO9/c1-18-11-12-23(17-34)26-25(18)31-15-16-33(5)20(3)32(31,38)14-13-24(28(31)42-26)41-29(36)19(2)39-30(37)27(40-21(4)35)22-9-7-6-8-10-22/h6-13,19-20,27-28,34,38H,14-17H2,1-5H3/t19-,20+,27-,28-,31-,32+/m0/s1. The normalized spacial score (nSPS) is 27.7. The molecule has 6 atom stereocenters. The van der Waals surface area contributed by atoms with E-state index in [1.54, 1.807) is 42.5 Å². The number of aliphatic hydroxyl groups excluding tert-OH is 1. The van der Waals surface area contributed by atoms with E-state index in [4.69, 9.17) is 18.9 Å². The molecule has 1 fully saturated rings. The number of hydrogen-bond donors (Lipinski definition) is 2. The van der Waals surface area contributed by atoms with Crippen LogP contribution in [0.15, 0.2) is 54.3 Å². The summed E-state index contributed by atoms with van der Waals surface area (Å²) in [4.78, 5) is 40.1. The molecule has 10 heteroatoms. The third-order valence-electron chi connectivity index (χ3n) is 9.05. The molecule has 42 heavy (non-hydrogen) atoms. The van der Waals surface area contributed by atoms with Crippen molar-refractivity contribution in [2.75, 3.05) is 13.6 Å². The summed E-state index contributed by atoms with van der Waals surface area (Å²) < 4.78 is 22.9. The Labute approximate surface area is 244 Å². The largest absolute Gasteiger partial charge is 0.481 e. The average Bonchev–Trinajstić information content (AvgIpc) is 3.33. The molecule has 10 nitrogen and oxygen atoms in total. The number of carbonyl (C=O) groups is 3.